The number of halogens is 3. The van der Waals surface area contributed by atoms with Gasteiger partial charge in [0.05, 0.1) is 5.52 Å². The quantitative estimate of drug-likeness (QED) is 0.728. The molecule has 0 unspecified atom stereocenters. The van der Waals surface area contributed by atoms with Crippen molar-refractivity contribution in [1.29, 1.82) is 0 Å². The number of benzene rings is 1. The van der Waals surface area contributed by atoms with E-state index >= 15 is 0 Å². The first-order chi connectivity index (χ1) is 11.6. The van der Waals surface area contributed by atoms with Gasteiger partial charge in [-0.15, -0.1) is 5.10 Å². The molecule has 1 aliphatic heterocycles. The number of rotatable bonds is 1. The van der Waals surface area contributed by atoms with Crippen molar-refractivity contribution in [3.05, 3.63) is 23.2 Å². The van der Waals surface area contributed by atoms with Crippen molar-refractivity contribution in [2.75, 3.05) is 18.0 Å². The molecular formula is C17H20ClF2N3O2. The van der Waals surface area contributed by atoms with Gasteiger partial charge in [-0.05, 0) is 39.0 Å². The number of carbonyl (C=O) groups is 1. The zero-order valence-corrected chi connectivity index (χ0v) is 15.1. The summed E-state index contributed by atoms with van der Waals surface area (Å²) in [5.41, 5.74) is -0.185. The Kier molecular flexibility index (Phi) is 4.39. The van der Waals surface area contributed by atoms with E-state index in [1.807, 2.05) is 0 Å². The van der Waals surface area contributed by atoms with Crippen molar-refractivity contribution >= 4 is 34.4 Å². The van der Waals surface area contributed by atoms with Gasteiger partial charge in [0, 0.05) is 36.3 Å². The van der Waals surface area contributed by atoms with E-state index in [4.69, 9.17) is 16.3 Å². The lowest BCUT2D eigenvalue weighted by Gasteiger charge is -2.32. The summed E-state index contributed by atoms with van der Waals surface area (Å²) >= 11 is 6.05. The van der Waals surface area contributed by atoms with E-state index in [2.05, 4.69) is 5.10 Å². The molecule has 0 atom stereocenters. The molecule has 0 saturated carbocycles. The van der Waals surface area contributed by atoms with Crippen LogP contribution in [0.1, 0.15) is 33.6 Å². The van der Waals surface area contributed by atoms with Crippen LogP contribution < -0.4 is 4.90 Å². The van der Waals surface area contributed by atoms with Crippen LogP contribution in [0.5, 0.6) is 0 Å². The molecule has 1 aromatic carbocycles. The first-order valence-electron chi connectivity index (χ1n) is 8.10. The van der Waals surface area contributed by atoms with Gasteiger partial charge in [-0.25, -0.2) is 13.6 Å². The Labute approximate surface area is 149 Å². The third-order valence-corrected chi connectivity index (χ3v) is 4.22. The van der Waals surface area contributed by atoms with Crippen LogP contribution in [-0.4, -0.2) is 40.5 Å². The van der Waals surface area contributed by atoms with Crippen molar-refractivity contribution in [3.8, 4) is 0 Å². The molecule has 0 amide bonds. The summed E-state index contributed by atoms with van der Waals surface area (Å²) in [6, 6.07) is 5.05. The average molecular weight is 372 g/mol. The van der Waals surface area contributed by atoms with Crippen molar-refractivity contribution in [2.24, 2.45) is 0 Å². The summed E-state index contributed by atoms with van der Waals surface area (Å²) in [5, 5.41) is 5.48. The monoisotopic (exact) mass is 371 g/mol. The smallest absolute Gasteiger partial charge is 0.435 e. The molecule has 0 radical (unpaired) electrons. The van der Waals surface area contributed by atoms with Crippen molar-refractivity contribution in [2.45, 2.75) is 45.1 Å². The highest BCUT2D eigenvalue weighted by molar-refractivity contribution is 6.31. The number of nitrogens with zero attached hydrogens (tertiary/aromatic N) is 3. The van der Waals surface area contributed by atoms with Crippen LogP contribution in [0.4, 0.5) is 19.4 Å². The van der Waals surface area contributed by atoms with E-state index in [0.29, 0.717) is 21.7 Å². The summed E-state index contributed by atoms with van der Waals surface area (Å²) in [4.78, 5) is 14.3. The lowest BCUT2D eigenvalue weighted by Crippen LogP contribution is -2.39. The minimum atomic E-state index is -2.65. The lowest BCUT2D eigenvalue weighted by molar-refractivity contribution is -0.0221. The Morgan fingerprint density at radius 3 is 2.52 bits per heavy atom. The number of fused-ring (bicyclic) bond motifs is 1. The Morgan fingerprint density at radius 1 is 1.28 bits per heavy atom. The van der Waals surface area contributed by atoms with E-state index in [1.165, 1.54) is 0 Å². The fraction of sp³-hybridized carbons (Fsp3) is 0.529. The molecule has 136 valence electrons. The summed E-state index contributed by atoms with van der Waals surface area (Å²) in [7, 11) is 0. The van der Waals surface area contributed by atoms with Crippen molar-refractivity contribution in [3.63, 3.8) is 0 Å². The molecule has 1 fully saturated rings. The summed E-state index contributed by atoms with van der Waals surface area (Å²) in [6.45, 7) is 5.64. The minimum Gasteiger partial charge on any atom is -0.442 e. The maximum absolute atomic E-state index is 13.4. The molecule has 8 heteroatoms. The molecule has 0 bridgehead atoms. The van der Waals surface area contributed by atoms with Crippen LogP contribution in [0.25, 0.3) is 10.9 Å². The van der Waals surface area contributed by atoms with Crippen LogP contribution in [0.2, 0.25) is 5.02 Å². The molecule has 1 aliphatic rings. The van der Waals surface area contributed by atoms with Gasteiger partial charge in [-0.2, -0.15) is 4.68 Å². The molecule has 25 heavy (non-hydrogen) atoms. The second-order valence-electron chi connectivity index (χ2n) is 7.22. The molecule has 3 rings (SSSR count). The van der Waals surface area contributed by atoms with E-state index < -0.39 is 17.6 Å². The number of hydrogen-bond donors (Lipinski definition) is 0. The van der Waals surface area contributed by atoms with Gasteiger partial charge in [0.15, 0.2) is 5.82 Å². The Bertz CT molecular complexity index is 804. The minimum absolute atomic E-state index is 0.177. The third kappa shape index (κ3) is 3.86. The Balaban J connectivity index is 2.01. The second-order valence-corrected chi connectivity index (χ2v) is 7.66. The fourth-order valence-electron chi connectivity index (χ4n) is 2.80. The number of alkyl halides is 2. The van der Waals surface area contributed by atoms with Crippen LogP contribution in [-0.2, 0) is 4.74 Å². The van der Waals surface area contributed by atoms with Gasteiger partial charge in [-0.1, -0.05) is 11.6 Å². The maximum Gasteiger partial charge on any atom is 0.435 e. The predicted molar refractivity (Wildman–Crippen MR) is 92.8 cm³/mol. The highest BCUT2D eigenvalue weighted by Gasteiger charge is 2.35. The fourth-order valence-corrected chi connectivity index (χ4v) is 2.96. The molecule has 0 spiro atoms. The summed E-state index contributed by atoms with van der Waals surface area (Å²) < 4.78 is 33.4. The first kappa shape index (κ1) is 17.9. The topological polar surface area (TPSA) is 47.4 Å². The van der Waals surface area contributed by atoms with E-state index in [-0.39, 0.29) is 25.9 Å². The molecule has 1 aromatic heterocycles. The largest absolute Gasteiger partial charge is 0.442 e. The van der Waals surface area contributed by atoms with Crippen LogP contribution >= 0.6 is 11.6 Å². The van der Waals surface area contributed by atoms with Crippen LogP contribution in [0.15, 0.2) is 18.2 Å². The lowest BCUT2D eigenvalue weighted by atomic mass is 10.1. The highest BCUT2D eigenvalue weighted by Crippen LogP contribution is 2.34. The maximum atomic E-state index is 13.4. The molecule has 0 N–H and O–H groups in total. The second kappa shape index (κ2) is 6.12. The number of piperidine rings is 1. The van der Waals surface area contributed by atoms with Crippen molar-refractivity contribution in [1.82, 2.24) is 9.78 Å². The first-order valence-corrected chi connectivity index (χ1v) is 8.48. The summed E-state index contributed by atoms with van der Waals surface area (Å²) in [6.07, 6.45) is -1.10. The number of hydrogen-bond acceptors (Lipinski definition) is 4. The third-order valence-electron chi connectivity index (χ3n) is 3.98. The Morgan fingerprint density at radius 2 is 1.92 bits per heavy atom. The van der Waals surface area contributed by atoms with Gasteiger partial charge >= 0.3 is 6.09 Å². The molecular weight excluding hydrogens is 352 g/mol. The van der Waals surface area contributed by atoms with Gasteiger partial charge < -0.3 is 9.64 Å². The Hall–Kier alpha value is -1.89. The number of aromatic nitrogens is 2. The summed E-state index contributed by atoms with van der Waals surface area (Å²) in [5.74, 6) is -2.16. The standard InChI is InChI=1S/C17H20ClF2N3O2/c1-16(2,3)25-15(24)23-13-10-11(18)4-5-12(13)14(21-23)22-8-6-17(19,20)7-9-22/h4-5,10H,6-9H2,1-3H3. The predicted octanol–water partition coefficient (Wildman–Crippen LogP) is 4.71. The number of carbonyl (C=O) groups excluding carboxylic acids is 1. The van der Waals surface area contributed by atoms with Gasteiger partial charge in [-0.3, -0.25) is 0 Å². The van der Waals surface area contributed by atoms with Gasteiger partial charge in [0.1, 0.15) is 5.60 Å². The van der Waals surface area contributed by atoms with Gasteiger partial charge in [0.2, 0.25) is 0 Å². The van der Waals surface area contributed by atoms with E-state index in [9.17, 15) is 13.6 Å². The van der Waals surface area contributed by atoms with E-state index in [0.717, 1.165) is 4.68 Å². The number of ether oxygens (including phenoxy) is 1. The SMILES string of the molecule is CC(C)(C)OC(=O)n1nc(N2CCC(F)(F)CC2)c2ccc(Cl)cc21. The van der Waals surface area contributed by atoms with E-state index in [1.54, 1.807) is 43.9 Å². The van der Waals surface area contributed by atoms with Crippen LogP contribution in [0, 0.1) is 0 Å². The molecule has 2 heterocycles. The average Bonchev–Trinajstić information content (AvgIpc) is 2.84. The highest BCUT2D eigenvalue weighted by atomic mass is 35.5. The molecule has 0 aliphatic carbocycles. The normalized spacial score (nSPS) is 17.8. The molecule has 1 saturated heterocycles. The number of anilines is 1. The van der Waals surface area contributed by atoms with Gasteiger partial charge in [0.25, 0.3) is 5.92 Å². The molecule has 5 nitrogen and oxygen atoms in total. The van der Waals surface area contributed by atoms with Crippen LogP contribution in [0.3, 0.4) is 0 Å². The van der Waals surface area contributed by atoms with Crippen molar-refractivity contribution < 1.29 is 18.3 Å². The zero-order chi connectivity index (χ0) is 18.4. The molecule has 2 aromatic rings. The zero-order valence-electron chi connectivity index (χ0n) is 14.4.